The van der Waals surface area contributed by atoms with E-state index in [0.717, 1.165) is 0 Å². The first-order valence-electron chi connectivity index (χ1n) is 2.35. The maximum atomic E-state index is 4.42. The highest BCUT2D eigenvalue weighted by molar-refractivity contribution is 4.76. The van der Waals surface area contributed by atoms with Gasteiger partial charge in [-0.3, -0.25) is 0 Å². The highest BCUT2D eigenvalue weighted by Crippen LogP contribution is 1.91. The highest BCUT2D eigenvalue weighted by Gasteiger charge is 1.79. The van der Waals surface area contributed by atoms with Crippen molar-refractivity contribution in [2.75, 3.05) is 0 Å². The van der Waals surface area contributed by atoms with Gasteiger partial charge in [-0.05, 0) is 12.0 Å². The van der Waals surface area contributed by atoms with Crippen molar-refractivity contribution in [3.63, 3.8) is 0 Å². The molecule has 0 aliphatic carbocycles. The van der Waals surface area contributed by atoms with Gasteiger partial charge < -0.3 is 4.74 Å². The fraction of sp³-hybridized carbons (Fsp3) is 0.500. The molecular weight excluding hydrogens is 88.1 g/mol. The minimum Gasteiger partial charge on any atom is -0.498 e. The number of rotatable bonds is 2. The van der Waals surface area contributed by atoms with Gasteiger partial charge in [0.05, 0.1) is 6.26 Å². The van der Waals surface area contributed by atoms with Crippen LogP contribution in [0.15, 0.2) is 12.3 Å². The first-order valence-corrected chi connectivity index (χ1v) is 2.35. The van der Waals surface area contributed by atoms with E-state index in [0.29, 0.717) is 5.92 Å². The lowest BCUT2D eigenvalue weighted by atomic mass is 10.2. The van der Waals surface area contributed by atoms with E-state index in [1.54, 1.807) is 6.26 Å². The zero-order chi connectivity index (χ0) is 5.70. The van der Waals surface area contributed by atoms with Gasteiger partial charge in [0.25, 0.3) is 0 Å². The van der Waals surface area contributed by atoms with Crippen LogP contribution in [0.5, 0.6) is 0 Å². The molecule has 0 N–H and O–H groups in total. The van der Waals surface area contributed by atoms with Crippen LogP contribution in [0.2, 0.25) is 0 Å². The van der Waals surface area contributed by atoms with Gasteiger partial charge in [-0.25, -0.2) is 0 Å². The molecule has 0 unspecified atom stereocenters. The monoisotopic (exact) mass is 99.1 g/mol. The van der Waals surface area contributed by atoms with Gasteiger partial charge in [-0.1, -0.05) is 13.8 Å². The topological polar surface area (TPSA) is 9.23 Å². The molecule has 0 bridgehead atoms. The highest BCUT2D eigenvalue weighted by atomic mass is 16.5. The Labute approximate surface area is 45.0 Å². The Morgan fingerprint density at radius 2 is 2.14 bits per heavy atom. The molecule has 1 nitrogen and oxygen atoms in total. The molecule has 7 heavy (non-hydrogen) atoms. The molecule has 0 atom stereocenters. The lowest BCUT2D eigenvalue weighted by Crippen LogP contribution is -1.75. The molecule has 0 spiro atoms. The van der Waals surface area contributed by atoms with Crippen molar-refractivity contribution in [2.24, 2.45) is 5.92 Å². The molecule has 1 heteroatoms. The molecule has 0 aliphatic heterocycles. The Kier molecular flexibility index (Phi) is 3.48. The summed E-state index contributed by atoms with van der Waals surface area (Å²) in [6, 6.07) is 0. The Morgan fingerprint density at radius 3 is 2.29 bits per heavy atom. The van der Waals surface area contributed by atoms with Gasteiger partial charge in [0, 0.05) is 0 Å². The molecule has 0 aromatic rings. The lowest BCUT2D eigenvalue weighted by molar-refractivity contribution is 0.390. The van der Waals surface area contributed by atoms with Crippen molar-refractivity contribution in [2.45, 2.75) is 13.8 Å². The van der Waals surface area contributed by atoms with Crippen LogP contribution >= 0.6 is 0 Å². The second kappa shape index (κ2) is 3.72. The van der Waals surface area contributed by atoms with Crippen LogP contribution < -0.4 is 0 Å². The SMILES string of the molecule is [CH2]OC=CC(C)C. The molecule has 0 saturated heterocycles. The Balaban J connectivity index is 3.08. The quantitative estimate of drug-likeness (QED) is 0.481. The van der Waals surface area contributed by atoms with E-state index in [-0.39, 0.29) is 0 Å². The standard InChI is InChI=1S/C6H11O/c1-6(2)4-5-7-3/h4-6H,3H2,1-2H3. The second-order valence-corrected chi connectivity index (χ2v) is 1.74. The normalized spacial score (nSPS) is 10.9. The van der Waals surface area contributed by atoms with Gasteiger partial charge in [-0.2, -0.15) is 0 Å². The van der Waals surface area contributed by atoms with Crippen molar-refractivity contribution in [3.8, 4) is 0 Å². The number of hydrogen-bond acceptors (Lipinski definition) is 1. The number of hydrogen-bond donors (Lipinski definition) is 0. The average molecular weight is 99.2 g/mol. The predicted octanol–water partition coefficient (Wildman–Crippen LogP) is 1.96. The summed E-state index contributed by atoms with van der Waals surface area (Å²) in [7, 11) is 3.17. The van der Waals surface area contributed by atoms with Gasteiger partial charge >= 0.3 is 0 Å². The minimum atomic E-state index is 0.557. The summed E-state index contributed by atoms with van der Waals surface area (Å²) in [4.78, 5) is 0. The van der Waals surface area contributed by atoms with Crippen molar-refractivity contribution >= 4 is 0 Å². The molecule has 0 amide bonds. The van der Waals surface area contributed by atoms with Crippen LogP contribution in [0.3, 0.4) is 0 Å². The molecular formula is C6H11O. The number of ether oxygens (including phenoxy) is 1. The summed E-state index contributed by atoms with van der Waals surface area (Å²) < 4.78 is 4.42. The smallest absolute Gasteiger partial charge is 0.121 e. The van der Waals surface area contributed by atoms with Gasteiger partial charge in [0.15, 0.2) is 0 Å². The van der Waals surface area contributed by atoms with E-state index in [2.05, 4.69) is 25.7 Å². The third kappa shape index (κ3) is 5.54. The maximum Gasteiger partial charge on any atom is 0.121 e. The van der Waals surface area contributed by atoms with Crippen molar-refractivity contribution in [3.05, 3.63) is 19.4 Å². The van der Waals surface area contributed by atoms with E-state index in [1.165, 1.54) is 0 Å². The average Bonchev–Trinajstić information content (AvgIpc) is 1.61. The molecule has 0 aromatic heterocycles. The molecule has 0 rings (SSSR count). The summed E-state index contributed by atoms with van der Waals surface area (Å²) in [5.41, 5.74) is 0. The van der Waals surface area contributed by atoms with E-state index < -0.39 is 0 Å². The molecule has 0 fully saturated rings. The van der Waals surface area contributed by atoms with Crippen LogP contribution in [-0.2, 0) is 4.74 Å². The molecule has 0 saturated carbocycles. The minimum absolute atomic E-state index is 0.557. The summed E-state index contributed by atoms with van der Waals surface area (Å²) >= 11 is 0. The first-order chi connectivity index (χ1) is 3.27. The van der Waals surface area contributed by atoms with Gasteiger partial charge in [0.1, 0.15) is 7.11 Å². The van der Waals surface area contributed by atoms with Crippen LogP contribution in [0.4, 0.5) is 0 Å². The Bertz CT molecular complexity index is 55.2. The van der Waals surface area contributed by atoms with E-state index in [9.17, 15) is 0 Å². The second-order valence-electron chi connectivity index (χ2n) is 1.74. The van der Waals surface area contributed by atoms with E-state index in [1.807, 2.05) is 6.08 Å². The summed E-state index contributed by atoms with van der Waals surface area (Å²) in [6.45, 7) is 4.16. The van der Waals surface area contributed by atoms with Crippen LogP contribution in [0.25, 0.3) is 0 Å². The number of allylic oxidation sites excluding steroid dienone is 1. The van der Waals surface area contributed by atoms with Crippen molar-refractivity contribution < 1.29 is 4.74 Å². The fourth-order valence-corrected chi connectivity index (χ4v) is 0.213. The summed E-state index contributed by atoms with van der Waals surface area (Å²) in [5, 5.41) is 0. The molecule has 1 radical (unpaired) electrons. The third-order valence-corrected chi connectivity index (χ3v) is 0.560. The van der Waals surface area contributed by atoms with Crippen molar-refractivity contribution in [1.82, 2.24) is 0 Å². The van der Waals surface area contributed by atoms with Crippen LogP contribution in [0.1, 0.15) is 13.8 Å². The Hall–Kier alpha value is -0.460. The molecule has 0 aliphatic rings. The van der Waals surface area contributed by atoms with Crippen LogP contribution in [-0.4, -0.2) is 0 Å². The third-order valence-electron chi connectivity index (χ3n) is 0.560. The van der Waals surface area contributed by atoms with Crippen LogP contribution in [0, 0.1) is 13.0 Å². The largest absolute Gasteiger partial charge is 0.498 e. The maximum absolute atomic E-state index is 4.42. The Morgan fingerprint density at radius 1 is 1.57 bits per heavy atom. The van der Waals surface area contributed by atoms with E-state index >= 15 is 0 Å². The molecule has 0 aromatic carbocycles. The molecule has 0 heterocycles. The zero-order valence-corrected chi connectivity index (χ0v) is 4.85. The lowest BCUT2D eigenvalue weighted by Gasteiger charge is -1.90. The zero-order valence-electron chi connectivity index (χ0n) is 4.85. The van der Waals surface area contributed by atoms with Gasteiger partial charge in [-0.15, -0.1) is 0 Å². The molecule has 41 valence electrons. The summed E-state index contributed by atoms with van der Waals surface area (Å²) in [6.07, 6.45) is 3.53. The first kappa shape index (κ1) is 6.54. The summed E-state index contributed by atoms with van der Waals surface area (Å²) in [5.74, 6) is 0.557. The van der Waals surface area contributed by atoms with Gasteiger partial charge in [0.2, 0.25) is 0 Å². The van der Waals surface area contributed by atoms with E-state index in [4.69, 9.17) is 0 Å². The fourth-order valence-electron chi connectivity index (χ4n) is 0.213. The predicted molar refractivity (Wildman–Crippen MR) is 30.4 cm³/mol. The van der Waals surface area contributed by atoms with Crippen molar-refractivity contribution in [1.29, 1.82) is 0 Å².